The third-order valence-electron chi connectivity index (χ3n) is 4.06. The average Bonchev–Trinajstić information content (AvgIpc) is 2.60. The number of carbonyl (C=O) groups is 2. The van der Waals surface area contributed by atoms with Crippen molar-refractivity contribution in [3.8, 4) is 5.75 Å². The highest BCUT2D eigenvalue weighted by Gasteiger charge is 2.37. The Bertz CT molecular complexity index is 774. The van der Waals surface area contributed by atoms with Gasteiger partial charge in [-0.15, -0.1) is 0 Å². The Kier molecular flexibility index (Phi) is 5.81. The Morgan fingerprint density at radius 2 is 2.04 bits per heavy atom. The van der Waals surface area contributed by atoms with Gasteiger partial charge in [0.25, 0.3) is 5.69 Å². The summed E-state index contributed by atoms with van der Waals surface area (Å²) in [6, 6.07) is 2.72. The molecule has 1 aromatic rings. The number of nitrogens with one attached hydrogen (secondary N) is 1. The van der Waals surface area contributed by atoms with Gasteiger partial charge in [-0.25, -0.2) is 9.59 Å². The molecule has 0 unspecified atom stereocenters. The predicted octanol–water partition coefficient (Wildman–Crippen LogP) is 2.53. The molecular weight excluding hydrogens is 342 g/mol. The number of hydrogen-bond donors (Lipinski definition) is 1. The third kappa shape index (κ3) is 3.61. The van der Waals surface area contributed by atoms with Gasteiger partial charge in [0.05, 0.1) is 29.8 Å². The quantitative estimate of drug-likeness (QED) is 0.472. The van der Waals surface area contributed by atoms with Gasteiger partial charge >= 0.3 is 12.0 Å². The molecule has 9 nitrogen and oxygen atoms in total. The second-order valence-corrected chi connectivity index (χ2v) is 5.57. The molecule has 0 aliphatic carbocycles. The number of nitro groups is 1. The van der Waals surface area contributed by atoms with Crippen molar-refractivity contribution in [1.82, 2.24) is 10.2 Å². The molecule has 2 amide bonds. The molecule has 0 aromatic heterocycles. The van der Waals surface area contributed by atoms with Crippen molar-refractivity contribution in [2.24, 2.45) is 0 Å². The highest BCUT2D eigenvalue weighted by molar-refractivity contribution is 5.95. The Morgan fingerprint density at radius 1 is 1.35 bits per heavy atom. The van der Waals surface area contributed by atoms with Gasteiger partial charge in [0.1, 0.15) is 5.75 Å². The van der Waals surface area contributed by atoms with Crippen LogP contribution in [-0.2, 0) is 9.53 Å². The SMILES string of the molecule is CCOC(=O)C1=C(C)N(C)C(=O)N[C@H]1c1cc([N+](=O)[O-])ccc1OCC. The zero-order valence-electron chi connectivity index (χ0n) is 15.1. The molecule has 2 rings (SSSR count). The van der Waals surface area contributed by atoms with E-state index in [1.54, 1.807) is 20.8 Å². The Labute approximate surface area is 150 Å². The maximum absolute atomic E-state index is 12.5. The Morgan fingerprint density at radius 3 is 2.62 bits per heavy atom. The highest BCUT2D eigenvalue weighted by atomic mass is 16.6. The van der Waals surface area contributed by atoms with Gasteiger partial charge in [-0.05, 0) is 26.8 Å². The van der Waals surface area contributed by atoms with Crippen molar-refractivity contribution < 1.29 is 24.0 Å². The summed E-state index contributed by atoms with van der Waals surface area (Å²) in [5.74, 6) is -0.252. The fourth-order valence-corrected chi connectivity index (χ4v) is 2.70. The number of allylic oxidation sites excluding steroid dienone is 1. The molecule has 0 saturated heterocycles. The third-order valence-corrected chi connectivity index (χ3v) is 4.06. The standard InChI is InChI=1S/C17H21N3O6/c1-5-25-13-8-7-11(20(23)24)9-12(13)15-14(16(21)26-6-2)10(3)19(4)17(22)18-15/h7-9,15H,5-6H2,1-4H3,(H,18,22)/t15-/m0/s1. The number of nitro benzene ring substituents is 1. The largest absolute Gasteiger partial charge is 0.493 e. The van der Waals surface area contributed by atoms with Crippen LogP contribution in [0.1, 0.15) is 32.4 Å². The van der Waals surface area contributed by atoms with E-state index in [1.165, 1.54) is 30.1 Å². The van der Waals surface area contributed by atoms with E-state index in [1.807, 2.05) is 0 Å². The van der Waals surface area contributed by atoms with Gasteiger partial charge in [-0.1, -0.05) is 0 Å². The first-order valence-corrected chi connectivity index (χ1v) is 8.15. The van der Waals surface area contributed by atoms with Crippen molar-refractivity contribution in [3.63, 3.8) is 0 Å². The lowest BCUT2D eigenvalue weighted by Crippen LogP contribution is -2.46. The summed E-state index contributed by atoms with van der Waals surface area (Å²) in [5.41, 5.74) is 0.768. The molecule has 0 spiro atoms. The minimum absolute atomic E-state index is 0.160. The van der Waals surface area contributed by atoms with E-state index in [0.29, 0.717) is 23.6 Å². The predicted molar refractivity (Wildman–Crippen MR) is 92.6 cm³/mol. The number of urea groups is 1. The van der Waals surface area contributed by atoms with Crippen LogP contribution in [0.4, 0.5) is 10.5 Å². The van der Waals surface area contributed by atoms with Crippen LogP contribution >= 0.6 is 0 Å². The second-order valence-electron chi connectivity index (χ2n) is 5.57. The van der Waals surface area contributed by atoms with E-state index in [-0.39, 0.29) is 17.9 Å². The van der Waals surface area contributed by atoms with E-state index in [2.05, 4.69) is 5.32 Å². The minimum atomic E-state index is -0.917. The van der Waals surface area contributed by atoms with E-state index >= 15 is 0 Å². The fraction of sp³-hybridized carbons (Fsp3) is 0.412. The lowest BCUT2D eigenvalue weighted by Gasteiger charge is -2.33. The first-order valence-electron chi connectivity index (χ1n) is 8.15. The van der Waals surface area contributed by atoms with E-state index < -0.39 is 23.0 Å². The van der Waals surface area contributed by atoms with Crippen LogP contribution in [-0.4, -0.2) is 42.1 Å². The molecule has 0 fully saturated rings. The van der Waals surface area contributed by atoms with Gasteiger partial charge in [-0.2, -0.15) is 0 Å². The lowest BCUT2D eigenvalue weighted by molar-refractivity contribution is -0.385. The number of ether oxygens (including phenoxy) is 2. The van der Waals surface area contributed by atoms with Gasteiger partial charge < -0.3 is 19.7 Å². The van der Waals surface area contributed by atoms with Crippen molar-refractivity contribution in [3.05, 3.63) is 45.1 Å². The molecule has 1 atom stereocenters. The first kappa shape index (κ1) is 19.2. The van der Waals surface area contributed by atoms with E-state index in [9.17, 15) is 19.7 Å². The van der Waals surface area contributed by atoms with Crippen LogP contribution in [0, 0.1) is 10.1 Å². The van der Waals surface area contributed by atoms with Crippen LogP contribution < -0.4 is 10.1 Å². The summed E-state index contributed by atoms with van der Waals surface area (Å²) in [7, 11) is 1.52. The zero-order chi connectivity index (χ0) is 19.4. The molecule has 1 aliphatic heterocycles. The van der Waals surface area contributed by atoms with Crippen molar-refractivity contribution in [1.29, 1.82) is 0 Å². The lowest BCUT2D eigenvalue weighted by atomic mass is 9.94. The van der Waals surface area contributed by atoms with Crippen molar-refractivity contribution in [2.75, 3.05) is 20.3 Å². The van der Waals surface area contributed by atoms with Crippen molar-refractivity contribution >= 4 is 17.7 Å². The molecular formula is C17H21N3O6. The number of nitrogens with zero attached hydrogens (tertiary/aromatic N) is 2. The smallest absolute Gasteiger partial charge is 0.338 e. The molecule has 0 bridgehead atoms. The van der Waals surface area contributed by atoms with Crippen LogP contribution in [0.25, 0.3) is 0 Å². The Hall–Kier alpha value is -3.10. The topological polar surface area (TPSA) is 111 Å². The van der Waals surface area contributed by atoms with Crippen molar-refractivity contribution in [2.45, 2.75) is 26.8 Å². The summed E-state index contributed by atoms with van der Waals surface area (Å²) in [6.07, 6.45) is 0. The summed E-state index contributed by atoms with van der Waals surface area (Å²) in [4.78, 5) is 36.7. The molecule has 0 saturated carbocycles. The normalized spacial score (nSPS) is 17.0. The maximum atomic E-state index is 12.5. The van der Waals surface area contributed by atoms with Gasteiger partial charge in [0.2, 0.25) is 0 Å². The number of esters is 1. The number of carbonyl (C=O) groups excluding carboxylic acids is 2. The number of amides is 2. The van der Waals surface area contributed by atoms with Crippen LogP contribution in [0.3, 0.4) is 0 Å². The number of rotatable bonds is 6. The van der Waals surface area contributed by atoms with Crippen LogP contribution in [0.2, 0.25) is 0 Å². The molecule has 0 radical (unpaired) electrons. The van der Waals surface area contributed by atoms with Gasteiger partial charge in [-0.3, -0.25) is 10.1 Å². The summed E-state index contributed by atoms with van der Waals surface area (Å²) >= 11 is 0. The van der Waals surface area contributed by atoms with Crippen LogP contribution in [0.5, 0.6) is 5.75 Å². The molecule has 1 heterocycles. The highest BCUT2D eigenvalue weighted by Crippen LogP contribution is 2.37. The number of non-ortho nitro benzene ring substituents is 1. The number of hydrogen-bond acceptors (Lipinski definition) is 6. The fourth-order valence-electron chi connectivity index (χ4n) is 2.70. The Balaban J connectivity index is 2.66. The average molecular weight is 363 g/mol. The summed E-state index contributed by atoms with van der Waals surface area (Å²) < 4.78 is 10.7. The molecule has 26 heavy (non-hydrogen) atoms. The minimum Gasteiger partial charge on any atom is -0.493 e. The second kappa shape index (κ2) is 7.85. The zero-order valence-corrected chi connectivity index (χ0v) is 15.1. The number of benzene rings is 1. The maximum Gasteiger partial charge on any atom is 0.338 e. The van der Waals surface area contributed by atoms with Gasteiger partial charge in [0.15, 0.2) is 0 Å². The van der Waals surface area contributed by atoms with Crippen LogP contribution in [0.15, 0.2) is 29.5 Å². The molecule has 1 aromatic carbocycles. The van der Waals surface area contributed by atoms with Gasteiger partial charge in [0, 0.05) is 30.4 Å². The van der Waals surface area contributed by atoms with E-state index in [4.69, 9.17) is 9.47 Å². The summed E-state index contributed by atoms with van der Waals surface area (Å²) in [5, 5.41) is 13.9. The molecule has 1 aliphatic rings. The molecule has 9 heteroatoms. The van der Waals surface area contributed by atoms with E-state index in [0.717, 1.165) is 0 Å². The monoisotopic (exact) mass is 363 g/mol. The molecule has 1 N–H and O–H groups in total. The first-order chi connectivity index (χ1) is 12.3. The summed E-state index contributed by atoms with van der Waals surface area (Å²) in [6.45, 7) is 5.55. The molecule has 140 valence electrons.